The van der Waals surface area contributed by atoms with Gasteiger partial charge in [-0.3, -0.25) is 4.21 Å². The third-order valence-electron chi connectivity index (χ3n) is 6.70. The van der Waals surface area contributed by atoms with E-state index in [4.69, 9.17) is 25.2 Å². The van der Waals surface area contributed by atoms with Gasteiger partial charge in [-0.2, -0.15) is 0 Å². The summed E-state index contributed by atoms with van der Waals surface area (Å²) < 4.78 is 65.9. The maximum Gasteiger partial charge on any atom is 0.163 e. The summed E-state index contributed by atoms with van der Waals surface area (Å²) in [6.07, 6.45) is -0.318. The Morgan fingerprint density at radius 3 is 2.71 bits per heavy atom. The molecule has 3 heterocycles. The Morgan fingerprint density at radius 2 is 2.00 bits per heavy atom. The van der Waals surface area contributed by atoms with Crippen LogP contribution in [0.3, 0.4) is 0 Å². The zero-order valence-corrected chi connectivity index (χ0v) is 23.1. The van der Waals surface area contributed by atoms with Crippen LogP contribution in [0.4, 0.5) is 20.4 Å². The van der Waals surface area contributed by atoms with E-state index in [1.54, 1.807) is 42.6 Å². The average Bonchev–Trinajstić information content (AvgIpc) is 2.97. The second kappa shape index (κ2) is 12.8. The Kier molecular flexibility index (Phi) is 8.98. The summed E-state index contributed by atoms with van der Waals surface area (Å²) in [6.45, 7) is 4.24. The summed E-state index contributed by atoms with van der Waals surface area (Å²) in [7, 11) is 0. The molecule has 0 saturated carbocycles. The summed E-state index contributed by atoms with van der Waals surface area (Å²) in [4.78, 5) is 16.0. The number of anilines is 2. The van der Waals surface area contributed by atoms with Crippen LogP contribution < -0.4 is 20.1 Å². The van der Waals surface area contributed by atoms with Crippen LogP contribution in [-0.4, -0.2) is 63.2 Å². The highest BCUT2D eigenvalue weighted by molar-refractivity contribution is 7.77. The van der Waals surface area contributed by atoms with Gasteiger partial charge < -0.3 is 24.7 Å². The molecule has 13 heteroatoms. The lowest BCUT2D eigenvalue weighted by atomic mass is 9.97. The molecule has 3 N–H and O–H groups in total. The molecule has 0 radical (unpaired) electrons. The predicted molar refractivity (Wildman–Crippen MR) is 152 cm³/mol. The molecule has 1 fully saturated rings. The van der Waals surface area contributed by atoms with Crippen molar-refractivity contribution in [3.05, 3.63) is 60.0 Å². The second-order valence-electron chi connectivity index (χ2n) is 9.34. The zero-order valence-electron chi connectivity index (χ0n) is 22.3. The van der Waals surface area contributed by atoms with Crippen LogP contribution in [0.15, 0.2) is 48.7 Å². The van der Waals surface area contributed by atoms with E-state index < -0.39 is 23.3 Å². The highest BCUT2D eigenvalue weighted by Gasteiger charge is 2.23. The number of nitrogens with two attached hydrogens (primary N) is 1. The summed E-state index contributed by atoms with van der Waals surface area (Å²) >= 11 is -2.52. The number of fused-ring (bicyclic) bond motifs is 1. The number of aromatic nitrogens is 3. The van der Waals surface area contributed by atoms with Crippen molar-refractivity contribution in [3.8, 4) is 28.3 Å². The molecule has 1 aliphatic heterocycles. The maximum atomic E-state index is 15.8. The van der Waals surface area contributed by atoms with Gasteiger partial charge in [-0.05, 0) is 43.2 Å². The smallest absolute Gasteiger partial charge is 0.163 e. The SMILES string of the molecule is CCOc1cc(-c2cccc(C(F)CCNS(=O)[O-])c2F)cc2c(N3CCOCC3)nc(-c3ccc(N)nc3)nc12. The van der Waals surface area contributed by atoms with Gasteiger partial charge in [-0.25, -0.2) is 28.5 Å². The number of pyridine rings is 1. The van der Waals surface area contributed by atoms with Crippen molar-refractivity contribution in [1.82, 2.24) is 19.7 Å². The van der Waals surface area contributed by atoms with Crippen LogP contribution in [0.1, 0.15) is 25.1 Å². The van der Waals surface area contributed by atoms with E-state index in [-0.39, 0.29) is 24.1 Å². The van der Waals surface area contributed by atoms with Crippen molar-refractivity contribution in [2.45, 2.75) is 19.5 Å². The van der Waals surface area contributed by atoms with Crippen molar-refractivity contribution in [3.63, 3.8) is 0 Å². The minimum Gasteiger partial charge on any atom is -0.760 e. The van der Waals surface area contributed by atoms with Crippen LogP contribution in [0.2, 0.25) is 0 Å². The van der Waals surface area contributed by atoms with Gasteiger partial charge in [0, 0.05) is 59.2 Å². The number of hydrogen-bond acceptors (Lipinski definition) is 9. The fourth-order valence-corrected chi connectivity index (χ4v) is 5.01. The number of nitrogens with one attached hydrogen (secondary N) is 1. The molecule has 0 aliphatic carbocycles. The minimum absolute atomic E-state index is 0.155. The molecular weight excluding hydrogens is 554 g/mol. The largest absolute Gasteiger partial charge is 0.760 e. The van der Waals surface area contributed by atoms with Gasteiger partial charge in [0.2, 0.25) is 0 Å². The molecule has 1 aliphatic rings. The quantitative estimate of drug-likeness (QED) is 0.264. The molecule has 5 rings (SSSR count). The van der Waals surface area contributed by atoms with Gasteiger partial charge >= 0.3 is 0 Å². The highest BCUT2D eigenvalue weighted by Crippen LogP contribution is 2.39. The van der Waals surface area contributed by atoms with Gasteiger partial charge in [0.15, 0.2) is 5.82 Å². The van der Waals surface area contributed by atoms with Gasteiger partial charge in [0.1, 0.15) is 34.9 Å². The molecule has 2 aromatic heterocycles. The zero-order chi connectivity index (χ0) is 28.9. The number of benzene rings is 2. The average molecular weight is 584 g/mol. The molecule has 0 bridgehead atoms. The molecule has 4 aromatic rings. The van der Waals surface area contributed by atoms with Crippen LogP contribution in [0, 0.1) is 5.82 Å². The van der Waals surface area contributed by atoms with Crippen LogP contribution in [-0.2, 0) is 16.0 Å². The maximum absolute atomic E-state index is 15.8. The first kappa shape index (κ1) is 28.7. The third kappa shape index (κ3) is 6.43. The number of morpholine rings is 1. The molecule has 41 heavy (non-hydrogen) atoms. The Morgan fingerprint density at radius 1 is 1.20 bits per heavy atom. The van der Waals surface area contributed by atoms with E-state index in [0.717, 1.165) is 0 Å². The molecule has 2 unspecified atom stereocenters. The fourth-order valence-electron chi connectivity index (χ4n) is 4.73. The molecule has 0 spiro atoms. The van der Waals surface area contributed by atoms with Crippen molar-refractivity contribution in [2.75, 3.05) is 50.1 Å². The molecule has 2 aromatic carbocycles. The Balaban J connectivity index is 1.65. The number of rotatable bonds is 10. The number of hydrogen-bond donors (Lipinski definition) is 2. The Hall–Kier alpha value is -3.78. The Labute approximate surface area is 238 Å². The number of alkyl halides is 1. The molecule has 10 nitrogen and oxygen atoms in total. The van der Waals surface area contributed by atoms with Crippen LogP contribution in [0.5, 0.6) is 5.75 Å². The normalized spacial score (nSPS) is 15.2. The highest BCUT2D eigenvalue weighted by atomic mass is 32.2. The summed E-state index contributed by atoms with van der Waals surface area (Å²) in [5, 5.41) is 0.642. The van der Waals surface area contributed by atoms with Gasteiger partial charge in [-0.1, -0.05) is 18.2 Å². The van der Waals surface area contributed by atoms with Gasteiger partial charge in [0.25, 0.3) is 0 Å². The molecule has 1 saturated heterocycles. The lowest BCUT2D eigenvalue weighted by molar-refractivity contribution is 0.122. The number of halogens is 2. The molecular formula is C28H29F2N6O4S-. The van der Waals surface area contributed by atoms with E-state index >= 15 is 4.39 Å². The van der Waals surface area contributed by atoms with E-state index in [1.165, 1.54) is 6.07 Å². The van der Waals surface area contributed by atoms with Crippen molar-refractivity contribution >= 4 is 33.8 Å². The molecule has 2 atom stereocenters. The minimum atomic E-state index is -2.52. The molecule has 0 amide bonds. The van der Waals surface area contributed by atoms with Gasteiger partial charge in [0.05, 0.1) is 19.8 Å². The number of ether oxygens (including phenoxy) is 2. The monoisotopic (exact) mass is 583 g/mol. The van der Waals surface area contributed by atoms with E-state index in [2.05, 4.69) is 14.6 Å². The van der Waals surface area contributed by atoms with E-state index in [0.29, 0.717) is 78.1 Å². The number of nitrogens with zero attached hydrogens (tertiary/aromatic N) is 4. The first-order valence-corrected chi connectivity index (χ1v) is 14.2. The summed E-state index contributed by atoms with van der Waals surface area (Å²) in [5.41, 5.74) is 7.47. The predicted octanol–water partition coefficient (Wildman–Crippen LogP) is 4.10. The van der Waals surface area contributed by atoms with Crippen LogP contribution in [0.25, 0.3) is 33.4 Å². The summed E-state index contributed by atoms with van der Waals surface area (Å²) in [6, 6.07) is 11.4. The van der Waals surface area contributed by atoms with Crippen molar-refractivity contribution in [1.29, 1.82) is 0 Å². The van der Waals surface area contributed by atoms with E-state index in [1.807, 2.05) is 6.92 Å². The van der Waals surface area contributed by atoms with Crippen LogP contribution >= 0.6 is 0 Å². The van der Waals surface area contributed by atoms with Gasteiger partial charge in [-0.15, -0.1) is 0 Å². The topological polar surface area (TPSA) is 139 Å². The van der Waals surface area contributed by atoms with E-state index in [9.17, 15) is 13.2 Å². The number of nitrogen functional groups attached to an aromatic ring is 1. The fraction of sp³-hybridized carbons (Fsp3) is 0.321. The Bertz CT molecular complexity index is 1550. The lowest BCUT2D eigenvalue weighted by Gasteiger charge is -2.29. The third-order valence-corrected chi connectivity index (χ3v) is 7.13. The first-order chi connectivity index (χ1) is 19.9. The lowest BCUT2D eigenvalue weighted by Crippen LogP contribution is -2.37. The van der Waals surface area contributed by atoms with Crippen molar-refractivity contribution in [2.24, 2.45) is 0 Å². The molecule has 216 valence electrons. The van der Waals surface area contributed by atoms with Crippen molar-refractivity contribution < 1.29 is 27.0 Å². The summed E-state index contributed by atoms with van der Waals surface area (Å²) in [5.74, 6) is 1.12. The first-order valence-electron chi connectivity index (χ1n) is 13.1. The standard InChI is InChI=1S/C28H30F2N6O4S/c1-2-40-23-15-18(19-4-3-5-20(25(19)30)22(29)8-9-33-41(37)38)14-21-26(23)34-27(17-6-7-24(31)32-16-17)35-28(21)36-10-12-39-13-11-36/h3-7,14-16,22,33H,2,8-13H2,1H3,(H2,31,32)(H,37,38)/p-1. The second-order valence-corrected chi connectivity index (χ2v) is 10.1.